The first-order valence-electron chi connectivity index (χ1n) is 9.04. The van der Waals surface area contributed by atoms with Crippen molar-refractivity contribution < 1.29 is 9.90 Å². The molecule has 2 nitrogen and oxygen atoms in total. The minimum atomic E-state index is -0.0380. The van der Waals surface area contributed by atoms with Crippen molar-refractivity contribution in [3.05, 3.63) is 65.2 Å². The van der Waals surface area contributed by atoms with Gasteiger partial charge in [0.25, 0.3) is 0 Å². The van der Waals surface area contributed by atoms with E-state index in [1.54, 1.807) is 6.07 Å². The third-order valence-corrected chi connectivity index (χ3v) is 6.40. The number of rotatable bonds is 2. The van der Waals surface area contributed by atoms with Gasteiger partial charge in [0, 0.05) is 17.8 Å². The highest BCUT2D eigenvalue weighted by molar-refractivity contribution is 5.88. The molecule has 2 aromatic carbocycles. The lowest BCUT2D eigenvalue weighted by Gasteiger charge is -2.50. The van der Waals surface area contributed by atoms with Gasteiger partial charge in [-0.2, -0.15) is 0 Å². The Balaban J connectivity index is 1.74. The highest BCUT2D eigenvalue weighted by atomic mass is 16.3. The van der Waals surface area contributed by atoms with Gasteiger partial charge >= 0.3 is 0 Å². The van der Waals surface area contributed by atoms with E-state index in [9.17, 15) is 9.90 Å². The number of carbonyl (C=O) groups is 1. The quantitative estimate of drug-likeness (QED) is 0.867. The number of phenols is 1. The standard InChI is InChI=1S/C22H24O2/c1-2-22-14-21(24)19(15-6-4-3-5-7-15)13-17(22)9-8-16-12-18(23)10-11-20(16)22/h3-7,10-12,17,19,23H,2,8-9,13-14H2,1H3/t17-,19-,22-/m1/s1. The topological polar surface area (TPSA) is 37.3 Å². The third kappa shape index (κ3) is 2.28. The molecule has 1 fully saturated rings. The van der Waals surface area contributed by atoms with Crippen LogP contribution < -0.4 is 0 Å². The van der Waals surface area contributed by atoms with Gasteiger partial charge in [-0.1, -0.05) is 43.3 Å². The van der Waals surface area contributed by atoms with Crippen LogP contribution in [0.3, 0.4) is 0 Å². The van der Waals surface area contributed by atoms with Crippen molar-refractivity contribution in [2.45, 2.75) is 50.4 Å². The number of Topliss-reactive ketones (excluding diaryl/α,β-unsaturated/α-hetero) is 1. The molecule has 1 saturated carbocycles. The molecular formula is C22H24O2. The van der Waals surface area contributed by atoms with Gasteiger partial charge in [-0.25, -0.2) is 0 Å². The van der Waals surface area contributed by atoms with Gasteiger partial charge in [-0.05, 0) is 60.4 Å². The summed E-state index contributed by atoms with van der Waals surface area (Å²) in [5.41, 5.74) is 3.67. The fraction of sp³-hybridized carbons (Fsp3) is 0.409. The van der Waals surface area contributed by atoms with E-state index in [0.29, 0.717) is 23.9 Å². The fourth-order valence-electron chi connectivity index (χ4n) is 5.14. The second kappa shape index (κ2) is 5.77. The Bertz CT molecular complexity index is 765. The summed E-state index contributed by atoms with van der Waals surface area (Å²) in [5, 5.41) is 9.82. The van der Waals surface area contributed by atoms with E-state index < -0.39 is 0 Å². The molecule has 2 aromatic rings. The molecule has 3 atom stereocenters. The highest BCUT2D eigenvalue weighted by Gasteiger charge is 2.49. The van der Waals surface area contributed by atoms with E-state index in [1.807, 2.05) is 24.3 Å². The summed E-state index contributed by atoms with van der Waals surface area (Å²) in [6, 6.07) is 16.0. The molecule has 2 aliphatic carbocycles. The summed E-state index contributed by atoms with van der Waals surface area (Å²) in [5.74, 6) is 1.31. The molecule has 0 aromatic heterocycles. The maximum Gasteiger partial charge on any atom is 0.141 e. The number of aryl methyl sites for hydroxylation is 1. The molecular weight excluding hydrogens is 296 g/mol. The number of aromatic hydroxyl groups is 1. The molecule has 0 unspecified atom stereocenters. The Kier molecular flexibility index (Phi) is 3.71. The normalized spacial score (nSPS) is 29.0. The monoisotopic (exact) mass is 320 g/mol. The van der Waals surface area contributed by atoms with Crippen LogP contribution in [-0.2, 0) is 16.6 Å². The van der Waals surface area contributed by atoms with Crippen molar-refractivity contribution in [1.82, 2.24) is 0 Å². The summed E-state index contributed by atoms with van der Waals surface area (Å²) in [6.07, 6.45) is 4.69. The molecule has 0 radical (unpaired) electrons. The number of benzene rings is 2. The van der Waals surface area contributed by atoms with Gasteiger partial charge in [0.2, 0.25) is 0 Å². The van der Waals surface area contributed by atoms with Gasteiger partial charge in [-0.3, -0.25) is 4.79 Å². The zero-order valence-corrected chi connectivity index (χ0v) is 14.2. The second-order valence-electron chi connectivity index (χ2n) is 7.43. The van der Waals surface area contributed by atoms with E-state index in [-0.39, 0.29) is 11.3 Å². The van der Waals surface area contributed by atoms with Gasteiger partial charge in [0.05, 0.1) is 0 Å². The van der Waals surface area contributed by atoms with Crippen LogP contribution in [-0.4, -0.2) is 10.9 Å². The van der Waals surface area contributed by atoms with Crippen LogP contribution in [0.2, 0.25) is 0 Å². The Hall–Kier alpha value is -2.09. The van der Waals surface area contributed by atoms with Crippen molar-refractivity contribution in [2.24, 2.45) is 5.92 Å². The minimum Gasteiger partial charge on any atom is -0.508 e. The lowest BCUT2D eigenvalue weighted by Crippen LogP contribution is -2.46. The summed E-state index contributed by atoms with van der Waals surface area (Å²) in [4.78, 5) is 13.0. The summed E-state index contributed by atoms with van der Waals surface area (Å²) < 4.78 is 0. The predicted octanol–water partition coefficient (Wildman–Crippen LogP) is 4.75. The SMILES string of the molecule is CC[C@@]12CC(=O)[C@@H](c3ccccc3)C[C@H]1CCc1cc(O)ccc12. The Morgan fingerprint density at radius 3 is 2.71 bits per heavy atom. The molecule has 0 spiro atoms. The number of carbonyl (C=O) groups excluding carboxylic acids is 1. The lowest BCUT2D eigenvalue weighted by molar-refractivity contribution is -0.126. The van der Waals surface area contributed by atoms with Crippen molar-refractivity contribution in [1.29, 1.82) is 0 Å². The average Bonchev–Trinajstić information content (AvgIpc) is 2.61. The highest BCUT2D eigenvalue weighted by Crippen LogP contribution is 2.54. The lowest BCUT2D eigenvalue weighted by atomic mass is 9.53. The van der Waals surface area contributed by atoms with E-state index in [0.717, 1.165) is 25.7 Å². The molecule has 0 bridgehead atoms. The molecule has 2 heteroatoms. The van der Waals surface area contributed by atoms with Crippen molar-refractivity contribution in [3.8, 4) is 5.75 Å². The van der Waals surface area contributed by atoms with Crippen LogP contribution in [0.15, 0.2) is 48.5 Å². The average molecular weight is 320 g/mol. The predicted molar refractivity (Wildman–Crippen MR) is 95.3 cm³/mol. The molecule has 0 amide bonds. The third-order valence-electron chi connectivity index (χ3n) is 6.40. The first-order chi connectivity index (χ1) is 11.6. The van der Waals surface area contributed by atoms with Gasteiger partial charge in [-0.15, -0.1) is 0 Å². The van der Waals surface area contributed by atoms with E-state index in [1.165, 1.54) is 16.7 Å². The maximum absolute atomic E-state index is 13.0. The summed E-state index contributed by atoms with van der Waals surface area (Å²) in [7, 11) is 0. The van der Waals surface area contributed by atoms with Gasteiger partial charge < -0.3 is 5.11 Å². The smallest absolute Gasteiger partial charge is 0.141 e. The van der Waals surface area contributed by atoms with Crippen LogP contribution in [0.1, 0.15) is 55.2 Å². The minimum absolute atomic E-state index is 0.0380. The summed E-state index contributed by atoms with van der Waals surface area (Å²) in [6.45, 7) is 2.21. The molecule has 0 saturated heterocycles. The van der Waals surface area contributed by atoms with Crippen molar-refractivity contribution in [2.75, 3.05) is 0 Å². The fourth-order valence-corrected chi connectivity index (χ4v) is 5.14. The molecule has 4 rings (SSSR count). The zero-order chi connectivity index (χ0) is 16.7. The van der Waals surface area contributed by atoms with Crippen molar-refractivity contribution in [3.63, 3.8) is 0 Å². The first-order valence-corrected chi connectivity index (χ1v) is 9.04. The Morgan fingerprint density at radius 1 is 1.17 bits per heavy atom. The van der Waals surface area contributed by atoms with Gasteiger partial charge in [0.1, 0.15) is 11.5 Å². The molecule has 0 aliphatic heterocycles. The van der Waals surface area contributed by atoms with E-state index >= 15 is 0 Å². The molecule has 124 valence electrons. The summed E-state index contributed by atoms with van der Waals surface area (Å²) >= 11 is 0. The maximum atomic E-state index is 13.0. The second-order valence-corrected chi connectivity index (χ2v) is 7.43. The molecule has 2 aliphatic rings. The van der Waals surface area contributed by atoms with Gasteiger partial charge in [0.15, 0.2) is 0 Å². The number of hydrogen-bond acceptors (Lipinski definition) is 2. The number of fused-ring (bicyclic) bond motifs is 3. The molecule has 24 heavy (non-hydrogen) atoms. The largest absolute Gasteiger partial charge is 0.508 e. The first kappa shape index (κ1) is 15.4. The van der Waals surface area contributed by atoms with Crippen LogP contribution in [0.5, 0.6) is 5.75 Å². The number of phenolic OH excluding ortho intramolecular Hbond substituents is 1. The molecule has 1 N–H and O–H groups in total. The zero-order valence-electron chi connectivity index (χ0n) is 14.2. The Morgan fingerprint density at radius 2 is 1.96 bits per heavy atom. The van der Waals surface area contributed by atoms with Crippen LogP contribution in [0.4, 0.5) is 0 Å². The van der Waals surface area contributed by atoms with Crippen LogP contribution in [0, 0.1) is 5.92 Å². The van der Waals surface area contributed by atoms with Crippen LogP contribution in [0.25, 0.3) is 0 Å². The number of ketones is 1. The number of hydrogen-bond donors (Lipinski definition) is 1. The van der Waals surface area contributed by atoms with E-state index in [2.05, 4.69) is 25.1 Å². The van der Waals surface area contributed by atoms with Crippen molar-refractivity contribution >= 4 is 5.78 Å². The van der Waals surface area contributed by atoms with E-state index in [4.69, 9.17) is 0 Å². The van der Waals surface area contributed by atoms with Crippen LogP contribution >= 0.6 is 0 Å². The molecule has 0 heterocycles. The Labute approximate surface area is 143 Å².